The highest BCUT2D eigenvalue weighted by molar-refractivity contribution is 5.94. The molecule has 0 saturated carbocycles. The van der Waals surface area contributed by atoms with Gasteiger partial charge < -0.3 is 15.2 Å². The smallest absolute Gasteiger partial charge is 0.326 e. The molecule has 5 rings (SSSR count). The summed E-state index contributed by atoms with van der Waals surface area (Å²) in [5.74, 6) is -0.207. The molecule has 1 saturated heterocycles. The van der Waals surface area contributed by atoms with Crippen molar-refractivity contribution in [2.45, 2.75) is 31.3 Å². The van der Waals surface area contributed by atoms with Crippen molar-refractivity contribution in [2.75, 3.05) is 13.1 Å². The van der Waals surface area contributed by atoms with E-state index in [0.29, 0.717) is 31.5 Å². The number of fused-ring (bicyclic) bond motifs is 1. The zero-order valence-corrected chi connectivity index (χ0v) is 19.4. The third kappa shape index (κ3) is 4.89. The van der Waals surface area contributed by atoms with Crippen LogP contribution in [-0.4, -0.2) is 39.4 Å². The first-order valence-electron chi connectivity index (χ1n) is 12.0. The molecule has 178 valence electrons. The van der Waals surface area contributed by atoms with Gasteiger partial charge in [-0.15, -0.1) is 0 Å². The predicted octanol–water partition coefficient (Wildman–Crippen LogP) is 4.05. The van der Waals surface area contributed by atoms with Crippen LogP contribution >= 0.6 is 0 Å². The Bertz CT molecular complexity index is 1370. The quantitative estimate of drug-likeness (QED) is 0.448. The van der Waals surface area contributed by atoms with Crippen molar-refractivity contribution < 1.29 is 9.59 Å². The van der Waals surface area contributed by atoms with Crippen molar-refractivity contribution in [3.8, 4) is 0 Å². The largest absolute Gasteiger partial charge is 0.345 e. The van der Waals surface area contributed by atoms with Crippen LogP contribution in [0, 0.1) is 0 Å². The molecule has 0 aliphatic carbocycles. The molecule has 1 atom stereocenters. The molecule has 7 heteroatoms. The number of rotatable bonds is 6. The third-order valence-corrected chi connectivity index (χ3v) is 6.73. The second-order valence-electron chi connectivity index (χ2n) is 8.94. The number of carbonyl (C=O) groups is 2. The average molecular weight is 469 g/mol. The van der Waals surface area contributed by atoms with Gasteiger partial charge in [0.2, 0.25) is 5.91 Å². The Morgan fingerprint density at radius 3 is 2.23 bits per heavy atom. The maximum absolute atomic E-state index is 13.3. The van der Waals surface area contributed by atoms with Crippen molar-refractivity contribution in [1.82, 2.24) is 19.8 Å². The van der Waals surface area contributed by atoms with Crippen LogP contribution in [0.25, 0.3) is 11.0 Å². The van der Waals surface area contributed by atoms with Crippen LogP contribution in [0.1, 0.15) is 47.3 Å². The lowest BCUT2D eigenvalue weighted by Crippen LogP contribution is -2.42. The first-order chi connectivity index (χ1) is 17.1. The van der Waals surface area contributed by atoms with E-state index in [-0.39, 0.29) is 30.0 Å². The first-order valence-corrected chi connectivity index (χ1v) is 12.0. The van der Waals surface area contributed by atoms with Gasteiger partial charge in [-0.25, -0.2) is 4.79 Å². The maximum Gasteiger partial charge on any atom is 0.326 e. The minimum absolute atomic E-state index is 0.00283. The molecule has 0 radical (unpaired) electrons. The average Bonchev–Trinajstić information content (AvgIpc) is 3.25. The Labute approximate surface area is 203 Å². The Morgan fingerprint density at radius 2 is 1.51 bits per heavy atom. The van der Waals surface area contributed by atoms with Crippen LogP contribution in [-0.2, 0) is 4.79 Å². The van der Waals surface area contributed by atoms with Gasteiger partial charge >= 0.3 is 5.69 Å². The van der Waals surface area contributed by atoms with Gasteiger partial charge in [0.25, 0.3) is 5.91 Å². The fourth-order valence-corrected chi connectivity index (χ4v) is 4.88. The number of hydrogen-bond acceptors (Lipinski definition) is 3. The number of aromatic nitrogens is 2. The van der Waals surface area contributed by atoms with E-state index in [9.17, 15) is 14.4 Å². The van der Waals surface area contributed by atoms with Crippen molar-refractivity contribution >= 4 is 22.8 Å². The van der Waals surface area contributed by atoms with Gasteiger partial charge in [0.15, 0.2) is 0 Å². The van der Waals surface area contributed by atoms with E-state index in [0.717, 1.165) is 16.6 Å². The van der Waals surface area contributed by atoms with Crippen LogP contribution in [0.2, 0.25) is 0 Å². The summed E-state index contributed by atoms with van der Waals surface area (Å²) in [6, 6.07) is 25.9. The lowest BCUT2D eigenvalue weighted by atomic mass is 10.00. The fourth-order valence-electron chi connectivity index (χ4n) is 4.88. The summed E-state index contributed by atoms with van der Waals surface area (Å²) in [7, 11) is 0. The van der Waals surface area contributed by atoms with Crippen molar-refractivity contribution in [1.29, 1.82) is 0 Å². The number of nitrogens with zero attached hydrogens (tertiary/aromatic N) is 2. The summed E-state index contributed by atoms with van der Waals surface area (Å²) in [5, 5.41) is 3.04. The van der Waals surface area contributed by atoms with Gasteiger partial charge in [0.1, 0.15) is 0 Å². The summed E-state index contributed by atoms with van der Waals surface area (Å²) in [5.41, 5.74) is 3.07. The van der Waals surface area contributed by atoms with Crippen LogP contribution in [0.4, 0.5) is 0 Å². The number of nitrogens with one attached hydrogen (secondary N) is 2. The van der Waals surface area contributed by atoms with Gasteiger partial charge in [-0.2, -0.15) is 0 Å². The SMILES string of the molecule is O=C(N[C@@H](CC(=O)N1CCC(n2c(=O)[nH]c3ccccc32)CC1)c1ccccc1)c1ccccc1. The number of likely N-dealkylation sites (tertiary alicyclic amines) is 1. The lowest BCUT2D eigenvalue weighted by Gasteiger charge is -2.33. The third-order valence-electron chi connectivity index (χ3n) is 6.73. The summed E-state index contributed by atoms with van der Waals surface area (Å²) in [6.45, 7) is 1.15. The normalized spacial score (nSPS) is 15.1. The zero-order valence-electron chi connectivity index (χ0n) is 19.4. The van der Waals surface area contributed by atoms with Gasteiger partial charge in [0, 0.05) is 24.7 Å². The topological polar surface area (TPSA) is 87.2 Å². The van der Waals surface area contributed by atoms with E-state index >= 15 is 0 Å². The monoisotopic (exact) mass is 468 g/mol. The Kier molecular flexibility index (Phi) is 6.48. The van der Waals surface area contributed by atoms with Crippen LogP contribution in [0.15, 0.2) is 89.7 Å². The second kappa shape index (κ2) is 10.0. The van der Waals surface area contributed by atoms with E-state index in [1.54, 1.807) is 12.1 Å². The highest BCUT2D eigenvalue weighted by Gasteiger charge is 2.28. The number of para-hydroxylation sites is 2. The maximum atomic E-state index is 13.3. The summed E-state index contributed by atoms with van der Waals surface area (Å²) < 4.78 is 1.82. The fraction of sp³-hybridized carbons (Fsp3) is 0.250. The molecule has 1 aliphatic heterocycles. The molecular weight excluding hydrogens is 440 g/mol. The summed E-state index contributed by atoms with van der Waals surface area (Å²) >= 11 is 0. The number of piperidine rings is 1. The number of carbonyl (C=O) groups excluding carboxylic acids is 2. The van der Waals surface area contributed by atoms with Crippen LogP contribution < -0.4 is 11.0 Å². The predicted molar refractivity (Wildman–Crippen MR) is 135 cm³/mol. The molecular formula is C28H28N4O3. The minimum Gasteiger partial charge on any atom is -0.345 e. The molecule has 0 bridgehead atoms. The molecule has 2 amide bonds. The molecule has 1 aliphatic rings. The van der Waals surface area contributed by atoms with E-state index in [2.05, 4.69) is 10.3 Å². The minimum atomic E-state index is -0.426. The molecule has 2 N–H and O–H groups in total. The van der Waals surface area contributed by atoms with Gasteiger partial charge in [-0.05, 0) is 42.7 Å². The Balaban J connectivity index is 1.27. The van der Waals surface area contributed by atoms with Crippen molar-refractivity contribution in [3.63, 3.8) is 0 Å². The Hall–Kier alpha value is -4.13. The second-order valence-corrected chi connectivity index (χ2v) is 8.94. The first kappa shape index (κ1) is 22.7. The van der Waals surface area contributed by atoms with E-state index in [1.165, 1.54) is 0 Å². The number of hydrogen-bond donors (Lipinski definition) is 2. The van der Waals surface area contributed by atoms with Gasteiger partial charge in [0.05, 0.1) is 23.5 Å². The number of aromatic amines is 1. The number of imidazole rings is 1. The van der Waals surface area contributed by atoms with E-state index < -0.39 is 6.04 Å². The highest BCUT2D eigenvalue weighted by Crippen LogP contribution is 2.26. The molecule has 0 spiro atoms. The molecule has 2 heterocycles. The van der Waals surface area contributed by atoms with Gasteiger partial charge in [-0.3, -0.25) is 14.2 Å². The molecule has 3 aromatic carbocycles. The molecule has 35 heavy (non-hydrogen) atoms. The number of amides is 2. The van der Waals surface area contributed by atoms with Crippen molar-refractivity contribution in [3.05, 3.63) is 107 Å². The zero-order chi connectivity index (χ0) is 24.2. The molecule has 1 fully saturated rings. The van der Waals surface area contributed by atoms with E-state index in [4.69, 9.17) is 0 Å². The summed E-state index contributed by atoms with van der Waals surface area (Å²) in [4.78, 5) is 43.4. The summed E-state index contributed by atoms with van der Waals surface area (Å²) in [6.07, 6.45) is 1.60. The molecule has 4 aromatic rings. The van der Waals surface area contributed by atoms with E-state index in [1.807, 2.05) is 82.3 Å². The molecule has 7 nitrogen and oxygen atoms in total. The van der Waals surface area contributed by atoms with Crippen molar-refractivity contribution in [2.24, 2.45) is 0 Å². The highest BCUT2D eigenvalue weighted by atomic mass is 16.2. The Morgan fingerprint density at radius 1 is 0.886 bits per heavy atom. The van der Waals surface area contributed by atoms with Crippen LogP contribution in [0.5, 0.6) is 0 Å². The van der Waals surface area contributed by atoms with Crippen LogP contribution in [0.3, 0.4) is 0 Å². The number of benzene rings is 3. The number of H-pyrrole nitrogens is 1. The lowest BCUT2D eigenvalue weighted by molar-refractivity contribution is -0.133. The standard InChI is InChI=1S/C28H28N4O3/c33-26(19-24(20-9-3-1-4-10-20)29-27(34)21-11-5-2-6-12-21)31-17-15-22(16-18-31)32-25-14-8-7-13-23(25)30-28(32)35/h1-14,22,24H,15-19H2,(H,29,34)(H,30,35)/t24-/m0/s1. The molecule has 0 unspecified atom stereocenters. The molecule has 1 aromatic heterocycles. The van der Waals surface area contributed by atoms with Gasteiger partial charge in [-0.1, -0.05) is 60.7 Å².